The molecule has 3 rings (SSSR count). The number of alkyl halides is 3. The highest BCUT2D eigenvalue weighted by atomic mass is 19.4. The molecule has 0 atom stereocenters. The normalized spacial score (nSPS) is 15.4. The van der Waals surface area contributed by atoms with Crippen molar-refractivity contribution in [1.29, 1.82) is 0 Å². The van der Waals surface area contributed by atoms with E-state index in [2.05, 4.69) is 9.88 Å². The molecule has 156 valence electrons. The third-order valence-corrected chi connectivity index (χ3v) is 4.55. The summed E-state index contributed by atoms with van der Waals surface area (Å²) in [7, 11) is 0. The van der Waals surface area contributed by atoms with Crippen molar-refractivity contribution in [3.05, 3.63) is 48.2 Å². The van der Waals surface area contributed by atoms with Gasteiger partial charge in [0, 0.05) is 37.9 Å². The number of amides is 1. The molecule has 1 aromatic heterocycles. The molecule has 1 fully saturated rings. The van der Waals surface area contributed by atoms with Gasteiger partial charge in [-0.15, -0.1) is 0 Å². The van der Waals surface area contributed by atoms with E-state index in [1.165, 1.54) is 12.1 Å². The summed E-state index contributed by atoms with van der Waals surface area (Å²) in [5.41, 5.74) is 0.222. The number of rotatable bonds is 2. The minimum absolute atomic E-state index is 0.317. The number of halogens is 3. The van der Waals surface area contributed by atoms with Crippen molar-refractivity contribution in [2.45, 2.75) is 32.5 Å². The lowest BCUT2D eigenvalue weighted by Crippen LogP contribution is -2.50. The van der Waals surface area contributed by atoms with Crippen molar-refractivity contribution < 1.29 is 22.7 Å². The number of hydrogen-bond donors (Lipinski definition) is 0. The van der Waals surface area contributed by atoms with Crippen LogP contribution in [0.15, 0.2) is 42.6 Å². The Bertz CT molecular complexity index is 835. The van der Waals surface area contributed by atoms with Crippen LogP contribution in [-0.2, 0) is 10.9 Å². The predicted molar refractivity (Wildman–Crippen MR) is 105 cm³/mol. The summed E-state index contributed by atoms with van der Waals surface area (Å²) < 4.78 is 43.5. The van der Waals surface area contributed by atoms with Crippen LogP contribution in [0, 0.1) is 0 Å². The first-order valence-corrected chi connectivity index (χ1v) is 9.39. The van der Waals surface area contributed by atoms with Gasteiger partial charge in [0.25, 0.3) is 0 Å². The zero-order chi connectivity index (χ0) is 21.2. The number of carbonyl (C=O) groups excluding carboxylic acids is 1. The Balaban J connectivity index is 1.61. The van der Waals surface area contributed by atoms with Gasteiger partial charge in [-0.1, -0.05) is 12.1 Å². The first-order valence-electron chi connectivity index (χ1n) is 9.39. The van der Waals surface area contributed by atoms with Gasteiger partial charge in [-0.25, -0.2) is 9.78 Å². The van der Waals surface area contributed by atoms with Gasteiger partial charge in [0.1, 0.15) is 11.4 Å². The second kappa shape index (κ2) is 7.93. The highest BCUT2D eigenvalue weighted by Gasteiger charge is 2.30. The van der Waals surface area contributed by atoms with E-state index in [0.29, 0.717) is 31.7 Å². The number of piperazine rings is 1. The Morgan fingerprint density at radius 3 is 2.00 bits per heavy atom. The molecule has 0 saturated carbocycles. The summed E-state index contributed by atoms with van der Waals surface area (Å²) in [6.07, 6.45) is -3.01. The van der Waals surface area contributed by atoms with E-state index in [1.54, 1.807) is 11.1 Å². The Morgan fingerprint density at radius 2 is 1.52 bits per heavy atom. The molecule has 8 heteroatoms. The quantitative estimate of drug-likeness (QED) is 0.716. The van der Waals surface area contributed by atoms with Crippen LogP contribution in [0.4, 0.5) is 23.8 Å². The molecule has 29 heavy (non-hydrogen) atoms. The third kappa shape index (κ3) is 5.40. The van der Waals surface area contributed by atoms with Gasteiger partial charge in [-0.05, 0) is 50.6 Å². The number of nitrogens with zero attached hydrogens (tertiary/aromatic N) is 3. The van der Waals surface area contributed by atoms with Gasteiger partial charge >= 0.3 is 12.3 Å². The number of carbonyl (C=O) groups is 1. The van der Waals surface area contributed by atoms with Gasteiger partial charge in [-0.3, -0.25) is 0 Å². The molecule has 1 amide bonds. The van der Waals surface area contributed by atoms with E-state index >= 15 is 0 Å². The lowest BCUT2D eigenvalue weighted by Gasteiger charge is -2.36. The van der Waals surface area contributed by atoms with E-state index in [-0.39, 0.29) is 6.09 Å². The summed E-state index contributed by atoms with van der Waals surface area (Å²) in [6.45, 7) is 7.85. The fourth-order valence-corrected chi connectivity index (χ4v) is 3.04. The highest BCUT2D eigenvalue weighted by Crippen LogP contribution is 2.31. The molecule has 2 heterocycles. The molecule has 0 aliphatic carbocycles. The van der Waals surface area contributed by atoms with Crippen LogP contribution in [0.5, 0.6) is 0 Å². The molecule has 1 saturated heterocycles. The molecule has 1 aromatic carbocycles. The SMILES string of the molecule is CC(C)(C)OC(=O)N1CCN(c2ccc(-c3ccc(C(F)(F)F)cc3)cn2)CC1. The fraction of sp³-hybridized carbons (Fsp3) is 0.429. The molecule has 0 spiro atoms. The number of ether oxygens (including phenoxy) is 1. The molecule has 0 N–H and O–H groups in total. The maximum Gasteiger partial charge on any atom is 0.416 e. The largest absolute Gasteiger partial charge is 0.444 e. The standard InChI is InChI=1S/C21H24F3N3O2/c1-20(2,3)29-19(28)27-12-10-26(11-13-27)18-9-6-16(14-25-18)15-4-7-17(8-5-15)21(22,23)24/h4-9,14H,10-13H2,1-3H3. The lowest BCUT2D eigenvalue weighted by molar-refractivity contribution is -0.137. The second-order valence-electron chi connectivity index (χ2n) is 7.93. The van der Waals surface area contributed by atoms with Crippen molar-refractivity contribution in [1.82, 2.24) is 9.88 Å². The van der Waals surface area contributed by atoms with E-state index in [9.17, 15) is 18.0 Å². The maximum absolute atomic E-state index is 12.7. The number of hydrogen-bond acceptors (Lipinski definition) is 4. The first kappa shape index (κ1) is 21.0. The van der Waals surface area contributed by atoms with E-state index in [1.807, 2.05) is 32.9 Å². The molecule has 0 radical (unpaired) electrons. The monoisotopic (exact) mass is 407 g/mol. The van der Waals surface area contributed by atoms with Crippen molar-refractivity contribution in [3.63, 3.8) is 0 Å². The van der Waals surface area contributed by atoms with E-state index in [0.717, 1.165) is 23.5 Å². The molecule has 2 aromatic rings. The van der Waals surface area contributed by atoms with Crippen LogP contribution in [0.3, 0.4) is 0 Å². The zero-order valence-corrected chi connectivity index (χ0v) is 16.7. The summed E-state index contributed by atoms with van der Waals surface area (Å²) in [6, 6.07) is 8.71. The van der Waals surface area contributed by atoms with Crippen LogP contribution in [0.1, 0.15) is 26.3 Å². The van der Waals surface area contributed by atoms with Crippen molar-refractivity contribution >= 4 is 11.9 Å². The number of anilines is 1. The van der Waals surface area contributed by atoms with Crippen LogP contribution in [0.2, 0.25) is 0 Å². The fourth-order valence-electron chi connectivity index (χ4n) is 3.04. The Labute approximate surface area is 168 Å². The maximum atomic E-state index is 12.7. The van der Waals surface area contributed by atoms with Crippen LogP contribution in [0.25, 0.3) is 11.1 Å². The number of benzene rings is 1. The van der Waals surface area contributed by atoms with Crippen LogP contribution in [-0.4, -0.2) is 47.8 Å². The summed E-state index contributed by atoms with van der Waals surface area (Å²) in [5.74, 6) is 0.768. The van der Waals surface area contributed by atoms with Crippen LogP contribution < -0.4 is 4.90 Å². The minimum atomic E-state index is -4.35. The van der Waals surface area contributed by atoms with Gasteiger partial charge in [-0.2, -0.15) is 13.2 Å². The molecule has 0 bridgehead atoms. The summed E-state index contributed by atoms with van der Waals surface area (Å²) in [5, 5.41) is 0. The molecule has 1 aliphatic rings. The van der Waals surface area contributed by atoms with Gasteiger partial charge in [0.05, 0.1) is 5.56 Å². The molecule has 0 unspecified atom stereocenters. The van der Waals surface area contributed by atoms with Crippen molar-refractivity contribution in [3.8, 4) is 11.1 Å². The van der Waals surface area contributed by atoms with Crippen molar-refractivity contribution in [2.24, 2.45) is 0 Å². The third-order valence-electron chi connectivity index (χ3n) is 4.55. The number of pyridine rings is 1. The Kier molecular flexibility index (Phi) is 5.73. The average Bonchev–Trinajstić information content (AvgIpc) is 2.66. The molecule has 1 aliphatic heterocycles. The van der Waals surface area contributed by atoms with Crippen molar-refractivity contribution in [2.75, 3.05) is 31.1 Å². The molecule has 5 nitrogen and oxygen atoms in total. The average molecular weight is 407 g/mol. The molecular formula is C21H24F3N3O2. The Hall–Kier alpha value is -2.77. The molecular weight excluding hydrogens is 383 g/mol. The van der Waals surface area contributed by atoms with Gasteiger partial charge < -0.3 is 14.5 Å². The predicted octanol–water partition coefficient (Wildman–Crippen LogP) is 4.82. The minimum Gasteiger partial charge on any atom is -0.444 e. The van der Waals surface area contributed by atoms with Gasteiger partial charge in [0.2, 0.25) is 0 Å². The van der Waals surface area contributed by atoms with Crippen LogP contribution >= 0.6 is 0 Å². The highest BCUT2D eigenvalue weighted by molar-refractivity contribution is 5.69. The number of aromatic nitrogens is 1. The first-order chi connectivity index (χ1) is 13.5. The summed E-state index contributed by atoms with van der Waals surface area (Å²) >= 11 is 0. The summed E-state index contributed by atoms with van der Waals surface area (Å²) in [4.78, 5) is 20.3. The topological polar surface area (TPSA) is 45.7 Å². The zero-order valence-electron chi connectivity index (χ0n) is 16.7. The van der Waals surface area contributed by atoms with E-state index < -0.39 is 17.3 Å². The Morgan fingerprint density at radius 1 is 0.931 bits per heavy atom. The smallest absolute Gasteiger partial charge is 0.416 e. The second-order valence-corrected chi connectivity index (χ2v) is 7.93. The lowest BCUT2D eigenvalue weighted by atomic mass is 10.1. The van der Waals surface area contributed by atoms with E-state index in [4.69, 9.17) is 4.74 Å². The van der Waals surface area contributed by atoms with Gasteiger partial charge in [0.15, 0.2) is 0 Å².